The average Bonchev–Trinajstić information content (AvgIpc) is 3.76. The Bertz CT molecular complexity index is 2800. The number of imidazole rings is 2. The summed E-state index contributed by atoms with van der Waals surface area (Å²) < 4.78 is 16.8. The molecule has 1 saturated carbocycles. The first-order chi connectivity index (χ1) is 31.0. The van der Waals surface area contributed by atoms with Gasteiger partial charge in [0.05, 0.1) is 48.7 Å². The summed E-state index contributed by atoms with van der Waals surface area (Å²) in [6.07, 6.45) is 2.22. The molecule has 16 nitrogen and oxygen atoms in total. The van der Waals surface area contributed by atoms with Gasteiger partial charge < -0.3 is 49.7 Å². The quantitative estimate of drug-likeness (QED) is 0.0882. The number of rotatable bonds is 11. The van der Waals surface area contributed by atoms with E-state index in [-0.39, 0.29) is 35.7 Å². The van der Waals surface area contributed by atoms with Crippen molar-refractivity contribution in [3.05, 3.63) is 102 Å². The van der Waals surface area contributed by atoms with Gasteiger partial charge in [-0.25, -0.2) is 19.6 Å². The molecule has 4 aliphatic rings. The van der Waals surface area contributed by atoms with E-state index in [0.29, 0.717) is 43.5 Å². The number of nitrogens with one attached hydrogen (secondary N) is 4. The third-order valence-electron chi connectivity index (χ3n) is 13.4. The Balaban J connectivity index is 0.910. The van der Waals surface area contributed by atoms with Gasteiger partial charge in [0, 0.05) is 36.6 Å². The second-order valence-corrected chi connectivity index (χ2v) is 17.8. The minimum Gasteiger partial charge on any atom is -0.488 e. The van der Waals surface area contributed by atoms with Gasteiger partial charge in [-0.15, -0.1) is 0 Å². The maximum absolute atomic E-state index is 14.1. The lowest BCUT2D eigenvalue weighted by molar-refractivity contribution is -0.137. The van der Waals surface area contributed by atoms with Gasteiger partial charge in [-0.1, -0.05) is 62.4 Å². The number of carbonyl (C=O) groups excluding carboxylic acids is 3. The van der Waals surface area contributed by atoms with Crippen LogP contribution in [-0.2, 0) is 25.7 Å². The monoisotopic (exact) mass is 866 g/mol. The highest BCUT2D eigenvalue weighted by Gasteiger charge is 2.56. The Labute approximate surface area is 368 Å². The number of alkyl carbamates (subject to hydrolysis) is 1. The van der Waals surface area contributed by atoms with Crippen LogP contribution < -0.4 is 15.4 Å². The van der Waals surface area contributed by atoms with Crippen molar-refractivity contribution in [1.29, 1.82) is 0 Å². The molecule has 5 N–H and O–H groups in total. The number of methoxy groups -OCH3 is 2. The minimum atomic E-state index is -1.28. The van der Waals surface area contributed by atoms with Crippen molar-refractivity contribution >= 4 is 45.8 Å². The van der Waals surface area contributed by atoms with Gasteiger partial charge in [0.1, 0.15) is 36.1 Å². The molecule has 0 unspecified atom stereocenters. The standard InChI is InChI=1S/C48H50N8O8/c1-24(2)40(54-48(61)63-4)46(58)56-36-17-29(36)18-38(56)44-50-34-13-11-27-16-33-31-12-10-28(15-30(31)23-64-39(33)19-32(27)42(34)52-44)35-20-49-43(51-35)37-14-25(22-62-3)21-55(37)45(57)41(53-47(59)60)26-8-6-5-7-9-26/h5-13,15-16,19-20,24-25,29,36-38,40-41,53H,14,17-18,21-23H2,1-4H3,(H,49,51)(H,50,52)(H,54,61)(H,59,60)/t25-,29-,36-,37-,38-,40-,41+/m0/s1. The number of hydrogen-bond acceptors (Lipinski definition) is 9. The molecule has 4 amide bonds. The van der Waals surface area contributed by atoms with Crippen LogP contribution in [0.15, 0.2) is 79.0 Å². The smallest absolute Gasteiger partial charge is 0.407 e. The second kappa shape index (κ2) is 16.3. The number of piperidine rings is 1. The van der Waals surface area contributed by atoms with Gasteiger partial charge in [-0.05, 0) is 83.0 Å². The first-order valence-corrected chi connectivity index (χ1v) is 21.8. The number of nitrogens with zero attached hydrogens (tertiary/aromatic N) is 4. The summed E-state index contributed by atoms with van der Waals surface area (Å²) in [6, 6.07) is 21.1. The van der Waals surface area contributed by atoms with Crippen LogP contribution in [0.3, 0.4) is 0 Å². The number of ether oxygens (including phenoxy) is 3. The van der Waals surface area contributed by atoms with Gasteiger partial charge >= 0.3 is 12.2 Å². The molecular weight excluding hydrogens is 817 g/mol. The van der Waals surface area contributed by atoms with Gasteiger partial charge in [0.25, 0.3) is 5.91 Å². The molecular formula is C48H50N8O8. The molecule has 16 heteroatoms. The number of aromatic amines is 2. The lowest BCUT2D eigenvalue weighted by Crippen LogP contribution is -2.52. The summed E-state index contributed by atoms with van der Waals surface area (Å²) in [5.74, 6) is 1.95. The highest BCUT2D eigenvalue weighted by Crippen LogP contribution is 2.54. The van der Waals surface area contributed by atoms with E-state index in [2.05, 4.69) is 57.0 Å². The van der Waals surface area contributed by atoms with Crippen molar-refractivity contribution < 1.29 is 38.5 Å². The number of benzene rings is 4. The van der Waals surface area contributed by atoms with Crippen molar-refractivity contribution in [1.82, 2.24) is 40.4 Å². The third-order valence-corrected chi connectivity index (χ3v) is 13.4. The van der Waals surface area contributed by atoms with Crippen LogP contribution in [0.2, 0.25) is 0 Å². The van der Waals surface area contributed by atoms with E-state index in [1.54, 1.807) is 42.5 Å². The summed E-state index contributed by atoms with van der Waals surface area (Å²) in [5, 5.41) is 16.8. The fourth-order valence-electron chi connectivity index (χ4n) is 10.2. The third kappa shape index (κ3) is 7.34. The summed E-state index contributed by atoms with van der Waals surface area (Å²) in [6.45, 7) is 5.03. The van der Waals surface area contributed by atoms with Crippen LogP contribution in [-0.4, -0.2) is 98.3 Å². The number of amides is 4. The second-order valence-electron chi connectivity index (χ2n) is 17.8. The molecule has 6 aromatic rings. The summed E-state index contributed by atoms with van der Waals surface area (Å²) >= 11 is 0. The number of hydrogen-bond donors (Lipinski definition) is 5. The first kappa shape index (κ1) is 41.1. The lowest BCUT2D eigenvalue weighted by atomic mass is 9.92. The first-order valence-electron chi connectivity index (χ1n) is 21.8. The number of carboxylic acid groups (broad SMARTS) is 1. The van der Waals surface area contributed by atoms with Crippen molar-refractivity contribution in [2.45, 2.75) is 69.9 Å². The zero-order valence-corrected chi connectivity index (χ0v) is 36.0. The maximum Gasteiger partial charge on any atom is 0.407 e. The molecule has 0 spiro atoms. The lowest BCUT2D eigenvalue weighted by Gasteiger charge is -2.31. The SMILES string of the molecule is COC[C@H]1C[C@@H](c2ncc(-c3ccc4c(c3)COc3cc5c(ccc6[nH]c([C@@H]7C[C@@H]8C[C@@H]8N7C(=O)[C@@H](NC(=O)OC)C(C)C)nc65)cc3-4)[nH]2)N(C(=O)[C@H](NC(=O)O)c2ccccc2)C1. The Morgan fingerprint density at radius 2 is 1.73 bits per heavy atom. The molecule has 3 fully saturated rings. The van der Waals surface area contributed by atoms with E-state index in [1.165, 1.54) is 7.11 Å². The van der Waals surface area contributed by atoms with Crippen LogP contribution in [0, 0.1) is 17.8 Å². The van der Waals surface area contributed by atoms with Crippen molar-refractivity contribution in [2.75, 3.05) is 27.4 Å². The molecule has 3 aliphatic heterocycles. The van der Waals surface area contributed by atoms with Crippen LogP contribution in [0.4, 0.5) is 9.59 Å². The molecule has 2 aromatic heterocycles. The predicted molar refractivity (Wildman–Crippen MR) is 236 cm³/mol. The molecule has 5 heterocycles. The summed E-state index contributed by atoms with van der Waals surface area (Å²) in [7, 11) is 2.93. The van der Waals surface area contributed by atoms with Gasteiger partial charge in [-0.3, -0.25) is 9.59 Å². The van der Waals surface area contributed by atoms with Gasteiger partial charge in [0.2, 0.25) is 5.91 Å². The van der Waals surface area contributed by atoms with E-state index >= 15 is 0 Å². The fraction of sp³-hybridized carbons (Fsp3) is 0.375. The van der Waals surface area contributed by atoms with Crippen molar-refractivity contribution in [3.63, 3.8) is 0 Å². The molecule has 64 heavy (non-hydrogen) atoms. The van der Waals surface area contributed by atoms with Gasteiger partial charge in [0.15, 0.2) is 0 Å². The molecule has 7 atom stereocenters. The molecule has 1 aliphatic carbocycles. The Hall–Kier alpha value is -6.94. The summed E-state index contributed by atoms with van der Waals surface area (Å²) in [5.41, 5.74) is 6.97. The van der Waals surface area contributed by atoms with E-state index in [1.807, 2.05) is 30.9 Å². The van der Waals surface area contributed by atoms with Gasteiger partial charge in [-0.2, -0.15) is 0 Å². The number of aromatic nitrogens is 4. The Kier molecular flexibility index (Phi) is 10.5. The van der Waals surface area contributed by atoms with Crippen molar-refractivity contribution in [2.24, 2.45) is 17.8 Å². The van der Waals surface area contributed by atoms with Crippen LogP contribution in [0.5, 0.6) is 5.75 Å². The van der Waals surface area contributed by atoms with Crippen molar-refractivity contribution in [3.8, 4) is 28.1 Å². The Morgan fingerprint density at radius 1 is 0.906 bits per heavy atom. The zero-order valence-electron chi connectivity index (χ0n) is 36.0. The Morgan fingerprint density at radius 3 is 2.50 bits per heavy atom. The number of H-pyrrole nitrogens is 2. The molecule has 2 saturated heterocycles. The maximum atomic E-state index is 14.1. The van der Waals surface area contributed by atoms with E-state index in [4.69, 9.17) is 24.2 Å². The topological polar surface area (TPSA) is 204 Å². The number of fused-ring (bicyclic) bond motifs is 7. The average molecular weight is 867 g/mol. The molecule has 4 aromatic carbocycles. The van der Waals surface area contributed by atoms with E-state index < -0.39 is 30.3 Å². The highest BCUT2D eigenvalue weighted by atomic mass is 16.5. The van der Waals surface area contributed by atoms with E-state index in [0.717, 1.165) is 74.2 Å². The van der Waals surface area contributed by atoms with Crippen LogP contribution in [0.25, 0.3) is 44.2 Å². The van der Waals surface area contributed by atoms with Crippen LogP contribution in [0.1, 0.15) is 74.0 Å². The zero-order chi connectivity index (χ0) is 44.4. The largest absolute Gasteiger partial charge is 0.488 e. The van der Waals surface area contributed by atoms with Crippen LogP contribution >= 0.6 is 0 Å². The molecule has 0 bridgehead atoms. The molecule has 0 radical (unpaired) electrons. The molecule has 330 valence electrons. The highest BCUT2D eigenvalue weighted by molar-refractivity contribution is 6.07. The number of likely N-dealkylation sites (tertiary alicyclic amines) is 2. The minimum absolute atomic E-state index is 0.0386. The predicted octanol–water partition coefficient (Wildman–Crippen LogP) is 7.25. The van der Waals surface area contributed by atoms with E-state index in [9.17, 15) is 24.3 Å². The normalized spacial score (nSPS) is 21.8. The number of carbonyl (C=O) groups is 4. The fourth-order valence-corrected chi connectivity index (χ4v) is 10.2. The summed E-state index contributed by atoms with van der Waals surface area (Å²) in [4.78, 5) is 72.7. The molecule has 10 rings (SSSR count).